The van der Waals surface area contributed by atoms with E-state index >= 15 is 0 Å². The second-order valence-electron chi connectivity index (χ2n) is 7.44. The van der Waals surface area contributed by atoms with Crippen molar-refractivity contribution in [1.29, 1.82) is 0 Å². The summed E-state index contributed by atoms with van der Waals surface area (Å²) >= 11 is 0. The van der Waals surface area contributed by atoms with Crippen molar-refractivity contribution in [3.05, 3.63) is 18.2 Å². The summed E-state index contributed by atoms with van der Waals surface area (Å²) in [5.74, 6) is 1.47. The Morgan fingerprint density at radius 1 is 1.48 bits per heavy atom. The lowest BCUT2D eigenvalue weighted by atomic mass is 10.1. The van der Waals surface area contributed by atoms with E-state index in [9.17, 15) is 4.79 Å². The van der Waals surface area contributed by atoms with Crippen LogP contribution in [0.5, 0.6) is 0 Å². The molecule has 2 amide bonds. The molecule has 0 unspecified atom stereocenters. The first-order chi connectivity index (χ1) is 10.8. The maximum Gasteiger partial charge on any atom is 0.317 e. The van der Waals surface area contributed by atoms with E-state index in [-0.39, 0.29) is 11.6 Å². The van der Waals surface area contributed by atoms with Gasteiger partial charge in [0.15, 0.2) is 0 Å². The second-order valence-corrected chi connectivity index (χ2v) is 7.44. The van der Waals surface area contributed by atoms with Crippen molar-refractivity contribution in [2.75, 3.05) is 26.7 Å². The number of nitrogens with zero attached hydrogens (tertiary/aromatic N) is 4. The normalized spacial score (nSPS) is 19.1. The number of urea groups is 1. The molecule has 130 valence electrons. The summed E-state index contributed by atoms with van der Waals surface area (Å²) in [5, 5.41) is 3.07. The SMILES string of the molecule is CCn1ccnc1CN(C)C(=O)NC[C@H]1CCN(C(C)(C)C)C1. The number of nitrogens with one attached hydrogen (secondary N) is 1. The van der Waals surface area contributed by atoms with Crippen molar-refractivity contribution < 1.29 is 4.79 Å². The molecule has 1 fully saturated rings. The lowest BCUT2D eigenvalue weighted by Gasteiger charge is -2.31. The summed E-state index contributed by atoms with van der Waals surface area (Å²) in [6.45, 7) is 13.2. The lowest BCUT2D eigenvalue weighted by molar-refractivity contribution is 0.167. The van der Waals surface area contributed by atoms with Gasteiger partial charge in [-0.15, -0.1) is 0 Å². The number of aromatic nitrogens is 2. The molecule has 1 atom stereocenters. The molecule has 0 spiro atoms. The number of amides is 2. The highest BCUT2D eigenvalue weighted by Crippen LogP contribution is 2.23. The van der Waals surface area contributed by atoms with Crippen LogP contribution >= 0.6 is 0 Å². The van der Waals surface area contributed by atoms with E-state index in [1.165, 1.54) is 0 Å². The smallest absolute Gasteiger partial charge is 0.317 e. The number of carbonyl (C=O) groups excluding carboxylic acids is 1. The Hall–Kier alpha value is -1.56. The Balaban J connectivity index is 1.77. The Bertz CT molecular complexity index is 519. The highest BCUT2D eigenvalue weighted by molar-refractivity contribution is 5.73. The second kappa shape index (κ2) is 7.34. The van der Waals surface area contributed by atoms with E-state index in [0.29, 0.717) is 12.5 Å². The Labute approximate surface area is 139 Å². The first-order valence-electron chi connectivity index (χ1n) is 8.55. The molecule has 1 aliphatic rings. The molecule has 6 nitrogen and oxygen atoms in total. The molecule has 23 heavy (non-hydrogen) atoms. The summed E-state index contributed by atoms with van der Waals surface area (Å²) < 4.78 is 2.06. The third kappa shape index (κ3) is 4.70. The third-order valence-corrected chi connectivity index (χ3v) is 4.64. The van der Waals surface area contributed by atoms with Crippen LogP contribution in [0.2, 0.25) is 0 Å². The standard InChI is InChI=1S/C17H31N5O/c1-6-21-10-8-18-15(21)13-20(5)16(23)19-11-14-7-9-22(12-14)17(2,3)4/h8,10,14H,6-7,9,11-13H2,1-5H3,(H,19,23)/t14-/m1/s1. The van der Waals surface area contributed by atoms with Crippen molar-refractivity contribution >= 4 is 6.03 Å². The fourth-order valence-electron chi connectivity index (χ4n) is 3.04. The Kier molecular flexibility index (Phi) is 5.68. The van der Waals surface area contributed by atoms with Crippen LogP contribution in [-0.4, -0.2) is 57.6 Å². The van der Waals surface area contributed by atoms with Gasteiger partial charge < -0.3 is 14.8 Å². The molecule has 0 bridgehead atoms. The van der Waals surface area contributed by atoms with E-state index in [2.05, 4.69) is 47.5 Å². The third-order valence-electron chi connectivity index (χ3n) is 4.64. The largest absolute Gasteiger partial charge is 0.338 e. The van der Waals surface area contributed by atoms with Gasteiger partial charge in [0.2, 0.25) is 0 Å². The maximum atomic E-state index is 12.3. The van der Waals surface area contributed by atoms with E-state index in [0.717, 1.165) is 38.4 Å². The number of imidazole rings is 1. The van der Waals surface area contributed by atoms with Crippen molar-refractivity contribution in [2.24, 2.45) is 5.92 Å². The molecule has 1 N–H and O–H groups in total. The van der Waals surface area contributed by atoms with Crippen LogP contribution in [0, 0.1) is 5.92 Å². The minimum atomic E-state index is -0.0233. The van der Waals surface area contributed by atoms with Crippen molar-refractivity contribution in [1.82, 2.24) is 24.7 Å². The average Bonchev–Trinajstić information content (AvgIpc) is 3.12. The summed E-state index contributed by atoms with van der Waals surface area (Å²) in [6.07, 6.45) is 4.88. The van der Waals surface area contributed by atoms with Crippen molar-refractivity contribution in [3.63, 3.8) is 0 Å². The zero-order chi connectivity index (χ0) is 17.0. The van der Waals surface area contributed by atoms with Gasteiger partial charge >= 0.3 is 6.03 Å². The molecule has 1 aromatic heterocycles. The van der Waals surface area contributed by atoms with E-state index in [1.807, 2.05) is 13.2 Å². The zero-order valence-electron chi connectivity index (χ0n) is 15.2. The molecule has 0 radical (unpaired) electrons. The number of rotatable bonds is 5. The minimum absolute atomic E-state index is 0.0233. The molecule has 1 aliphatic heterocycles. The van der Waals surface area contributed by atoms with E-state index < -0.39 is 0 Å². The summed E-state index contributed by atoms with van der Waals surface area (Å²) in [4.78, 5) is 20.8. The summed E-state index contributed by atoms with van der Waals surface area (Å²) in [7, 11) is 1.82. The van der Waals surface area contributed by atoms with Crippen LogP contribution in [0.15, 0.2) is 12.4 Å². The molecule has 2 rings (SSSR count). The average molecular weight is 321 g/mol. The van der Waals surface area contributed by atoms with Gasteiger partial charge in [0.25, 0.3) is 0 Å². The van der Waals surface area contributed by atoms with Gasteiger partial charge in [0.05, 0.1) is 6.54 Å². The van der Waals surface area contributed by atoms with Gasteiger partial charge in [0, 0.05) is 44.6 Å². The number of hydrogen-bond acceptors (Lipinski definition) is 3. The molecule has 2 heterocycles. The van der Waals surface area contributed by atoms with Crippen molar-refractivity contribution in [2.45, 2.75) is 52.7 Å². The lowest BCUT2D eigenvalue weighted by Crippen LogP contribution is -2.42. The zero-order valence-corrected chi connectivity index (χ0v) is 15.2. The number of likely N-dealkylation sites (tertiary alicyclic amines) is 1. The Morgan fingerprint density at radius 3 is 2.83 bits per heavy atom. The molecular weight excluding hydrogens is 290 g/mol. The van der Waals surface area contributed by atoms with Gasteiger partial charge in [-0.05, 0) is 46.6 Å². The van der Waals surface area contributed by atoms with Crippen LogP contribution in [0.25, 0.3) is 0 Å². The summed E-state index contributed by atoms with van der Waals surface area (Å²) in [6, 6.07) is -0.0233. The topological polar surface area (TPSA) is 53.4 Å². The van der Waals surface area contributed by atoms with Crippen LogP contribution < -0.4 is 5.32 Å². The summed E-state index contributed by atoms with van der Waals surface area (Å²) in [5.41, 5.74) is 0.215. The van der Waals surface area contributed by atoms with Gasteiger partial charge in [0.1, 0.15) is 5.82 Å². The molecule has 0 aromatic carbocycles. The number of carbonyl (C=O) groups is 1. The minimum Gasteiger partial charge on any atom is -0.338 e. The highest BCUT2D eigenvalue weighted by Gasteiger charge is 2.30. The van der Waals surface area contributed by atoms with Gasteiger partial charge in [-0.25, -0.2) is 9.78 Å². The maximum absolute atomic E-state index is 12.3. The first kappa shape index (κ1) is 17.8. The number of aryl methyl sites for hydroxylation is 1. The quantitative estimate of drug-likeness (QED) is 0.904. The fourth-order valence-corrected chi connectivity index (χ4v) is 3.04. The van der Waals surface area contributed by atoms with Crippen LogP contribution in [0.4, 0.5) is 4.79 Å². The molecular formula is C17H31N5O. The molecule has 0 saturated carbocycles. The Morgan fingerprint density at radius 2 is 2.22 bits per heavy atom. The van der Waals surface area contributed by atoms with E-state index in [4.69, 9.17) is 0 Å². The molecule has 6 heteroatoms. The van der Waals surface area contributed by atoms with Gasteiger partial charge in [-0.1, -0.05) is 0 Å². The van der Waals surface area contributed by atoms with Gasteiger partial charge in [-0.3, -0.25) is 4.90 Å². The molecule has 1 saturated heterocycles. The van der Waals surface area contributed by atoms with Gasteiger partial charge in [-0.2, -0.15) is 0 Å². The predicted octanol–water partition coefficient (Wildman–Crippen LogP) is 2.16. The first-order valence-corrected chi connectivity index (χ1v) is 8.55. The van der Waals surface area contributed by atoms with Crippen LogP contribution in [0.1, 0.15) is 39.9 Å². The van der Waals surface area contributed by atoms with Crippen molar-refractivity contribution in [3.8, 4) is 0 Å². The van der Waals surface area contributed by atoms with Crippen LogP contribution in [0.3, 0.4) is 0 Å². The molecule has 0 aliphatic carbocycles. The van der Waals surface area contributed by atoms with Crippen LogP contribution in [-0.2, 0) is 13.1 Å². The highest BCUT2D eigenvalue weighted by atomic mass is 16.2. The monoisotopic (exact) mass is 321 g/mol. The number of hydrogen-bond donors (Lipinski definition) is 1. The predicted molar refractivity (Wildman–Crippen MR) is 92.2 cm³/mol. The molecule has 1 aromatic rings. The van der Waals surface area contributed by atoms with E-state index in [1.54, 1.807) is 11.1 Å². The fraction of sp³-hybridized carbons (Fsp3) is 0.765.